The third-order valence-electron chi connectivity index (χ3n) is 3.85. The molecule has 1 N–H and O–H groups in total. The van der Waals surface area contributed by atoms with E-state index in [1.165, 1.54) is 0 Å². The molecular formula is C20H18ClNO4S. The molecule has 2 aromatic carbocycles. The molecule has 1 heterocycles. The Balaban J connectivity index is 1.61. The first-order valence-electron chi connectivity index (χ1n) is 8.19. The molecule has 1 atom stereocenters. The number of halogens is 1. The summed E-state index contributed by atoms with van der Waals surface area (Å²) in [5.41, 5.74) is 0.863. The maximum absolute atomic E-state index is 12.4. The average Bonchev–Trinajstić information content (AvgIpc) is 3.15. The largest absolute Gasteiger partial charge is 0.496 e. The third-order valence-corrected chi connectivity index (χ3v) is 5.41. The van der Waals surface area contributed by atoms with Gasteiger partial charge in [0, 0.05) is 22.0 Å². The molecule has 0 spiro atoms. The van der Waals surface area contributed by atoms with Crippen LogP contribution in [0.2, 0.25) is 5.02 Å². The second kappa shape index (κ2) is 8.88. The molecule has 0 bridgehead atoms. The van der Waals surface area contributed by atoms with Gasteiger partial charge in [-0.25, -0.2) is 0 Å². The zero-order chi connectivity index (χ0) is 19.2. The van der Waals surface area contributed by atoms with Crippen molar-refractivity contribution in [3.63, 3.8) is 0 Å². The van der Waals surface area contributed by atoms with E-state index in [4.69, 9.17) is 20.8 Å². The van der Waals surface area contributed by atoms with Gasteiger partial charge in [-0.2, -0.15) is 0 Å². The van der Waals surface area contributed by atoms with Gasteiger partial charge in [0.1, 0.15) is 11.5 Å². The van der Waals surface area contributed by atoms with E-state index in [2.05, 4.69) is 5.32 Å². The monoisotopic (exact) mass is 403 g/mol. The summed E-state index contributed by atoms with van der Waals surface area (Å²) in [6.07, 6.45) is 0. The van der Waals surface area contributed by atoms with Crippen LogP contribution < -0.4 is 10.1 Å². The zero-order valence-corrected chi connectivity index (χ0v) is 16.2. The Hall–Kier alpha value is -2.57. The number of furan rings is 1. The smallest absolute Gasteiger partial charge is 0.287 e. The van der Waals surface area contributed by atoms with E-state index in [1.807, 2.05) is 24.3 Å². The van der Waals surface area contributed by atoms with Crippen LogP contribution in [0.5, 0.6) is 5.75 Å². The van der Waals surface area contributed by atoms with Gasteiger partial charge < -0.3 is 14.5 Å². The van der Waals surface area contributed by atoms with Crippen LogP contribution in [-0.2, 0) is 23.1 Å². The van der Waals surface area contributed by atoms with Gasteiger partial charge in [0.2, 0.25) is 0 Å². The van der Waals surface area contributed by atoms with Crippen molar-refractivity contribution in [1.29, 1.82) is 0 Å². The predicted molar refractivity (Wildman–Crippen MR) is 104 cm³/mol. The minimum atomic E-state index is -1.31. The summed E-state index contributed by atoms with van der Waals surface area (Å²) in [5.74, 6) is 1.16. The van der Waals surface area contributed by atoms with Gasteiger partial charge in [-0.15, -0.1) is 0 Å². The summed E-state index contributed by atoms with van der Waals surface area (Å²) in [7, 11) is 0.274. The van der Waals surface area contributed by atoms with E-state index in [9.17, 15) is 9.00 Å². The fraction of sp³-hybridized carbons (Fsp3) is 0.150. The van der Waals surface area contributed by atoms with Crippen molar-refractivity contribution in [2.75, 3.05) is 7.11 Å². The highest BCUT2D eigenvalue weighted by Gasteiger charge is 2.14. The highest BCUT2D eigenvalue weighted by atomic mass is 35.5. The fourth-order valence-corrected chi connectivity index (χ4v) is 3.83. The lowest BCUT2D eigenvalue weighted by atomic mass is 10.2. The van der Waals surface area contributed by atoms with E-state index >= 15 is 0 Å². The summed E-state index contributed by atoms with van der Waals surface area (Å²) < 4.78 is 23.2. The lowest BCUT2D eigenvalue weighted by molar-refractivity contribution is 0.0921. The lowest BCUT2D eigenvalue weighted by Crippen LogP contribution is -2.22. The number of rotatable bonds is 7. The fourth-order valence-electron chi connectivity index (χ4n) is 2.51. The summed E-state index contributed by atoms with van der Waals surface area (Å²) in [6, 6.07) is 17.5. The van der Waals surface area contributed by atoms with Crippen LogP contribution in [0.25, 0.3) is 0 Å². The number of hydrogen-bond acceptors (Lipinski definition) is 4. The number of hydrogen-bond donors (Lipinski definition) is 1. The average molecular weight is 404 g/mol. The topological polar surface area (TPSA) is 68.5 Å². The number of methoxy groups -OCH3 is 1. The summed E-state index contributed by atoms with van der Waals surface area (Å²) >= 11 is 5.92. The third kappa shape index (κ3) is 4.99. The van der Waals surface area contributed by atoms with Crippen molar-refractivity contribution in [3.8, 4) is 5.75 Å². The molecule has 0 saturated heterocycles. The Morgan fingerprint density at radius 1 is 1.15 bits per heavy atom. The SMILES string of the molecule is COc1ccccc1CNC(=O)c1ccc(CS(=O)c2cccc(Cl)c2)o1. The number of amides is 1. The first kappa shape index (κ1) is 19.2. The molecule has 0 fully saturated rings. The molecule has 3 aromatic rings. The highest BCUT2D eigenvalue weighted by molar-refractivity contribution is 7.84. The Morgan fingerprint density at radius 2 is 1.96 bits per heavy atom. The second-order valence-electron chi connectivity index (χ2n) is 5.71. The van der Waals surface area contributed by atoms with Crippen molar-refractivity contribution in [2.24, 2.45) is 0 Å². The Bertz CT molecular complexity index is 970. The summed E-state index contributed by atoms with van der Waals surface area (Å²) in [5, 5.41) is 3.31. The minimum Gasteiger partial charge on any atom is -0.496 e. The number of nitrogens with one attached hydrogen (secondary N) is 1. The molecule has 0 aliphatic carbocycles. The van der Waals surface area contributed by atoms with Crippen molar-refractivity contribution in [3.05, 3.63) is 82.8 Å². The van der Waals surface area contributed by atoms with Gasteiger partial charge in [0.15, 0.2) is 5.76 Å². The molecule has 1 unspecified atom stereocenters. The molecular weight excluding hydrogens is 386 g/mol. The molecule has 0 aliphatic heterocycles. The van der Waals surface area contributed by atoms with E-state index in [0.717, 1.165) is 5.56 Å². The molecule has 0 radical (unpaired) electrons. The van der Waals surface area contributed by atoms with Crippen LogP contribution >= 0.6 is 11.6 Å². The van der Waals surface area contributed by atoms with Gasteiger partial charge in [-0.1, -0.05) is 35.9 Å². The van der Waals surface area contributed by atoms with E-state index in [1.54, 1.807) is 43.5 Å². The van der Waals surface area contributed by atoms with Gasteiger partial charge in [0.05, 0.1) is 23.7 Å². The Labute approximate surface area is 164 Å². The van der Waals surface area contributed by atoms with Gasteiger partial charge in [-0.3, -0.25) is 9.00 Å². The van der Waals surface area contributed by atoms with Crippen LogP contribution in [0, 0.1) is 0 Å². The molecule has 1 aromatic heterocycles. The Kier molecular flexibility index (Phi) is 6.32. The standard InChI is InChI=1S/C20H18ClNO4S/c1-25-18-8-3-2-5-14(18)12-22-20(23)19-10-9-16(26-19)13-27(24)17-7-4-6-15(21)11-17/h2-11H,12-13H2,1H3,(H,22,23). The first-order chi connectivity index (χ1) is 13.1. The zero-order valence-electron chi connectivity index (χ0n) is 14.6. The molecule has 0 aliphatic rings. The molecule has 27 heavy (non-hydrogen) atoms. The van der Waals surface area contributed by atoms with E-state index < -0.39 is 10.8 Å². The first-order valence-corrected chi connectivity index (χ1v) is 9.89. The van der Waals surface area contributed by atoms with Crippen molar-refractivity contribution < 1.29 is 18.2 Å². The number of benzene rings is 2. The normalized spacial score (nSPS) is 11.8. The van der Waals surface area contributed by atoms with E-state index in [-0.39, 0.29) is 17.4 Å². The summed E-state index contributed by atoms with van der Waals surface area (Å²) in [4.78, 5) is 12.9. The molecule has 0 saturated carbocycles. The van der Waals surface area contributed by atoms with Crippen LogP contribution in [-0.4, -0.2) is 17.2 Å². The quantitative estimate of drug-likeness (QED) is 0.642. The molecule has 140 valence electrons. The van der Waals surface area contributed by atoms with Crippen LogP contribution in [0.15, 0.2) is 70.0 Å². The predicted octanol–water partition coefficient (Wildman–Crippen LogP) is 4.18. The maximum atomic E-state index is 12.4. The van der Waals surface area contributed by atoms with Gasteiger partial charge in [-0.05, 0) is 36.4 Å². The molecule has 1 amide bonds. The molecule has 5 nitrogen and oxygen atoms in total. The van der Waals surface area contributed by atoms with E-state index in [0.29, 0.717) is 28.0 Å². The number of carbonyl (C=O) groups is 1. The second-order valence-corrected chi connectivity index (χ2v) is 7.60. The van der Waals surface area contributed by atoms with Crippen molar-refractivity contribution in [2.45, 2.75) is 17.2 Å². The highest BCUT2D eigenvalue weighted by Crippen LogP contribution is 2.19. The molecule has 3 rings (SSSR count). The number of ether oxygens (including phenoxy) is 1. The lowest BCUT2D eigenvalue weighted by Gasteiger charge is -2.08. The van der Waals surface area contributed by atoms with Gasteiger partial charge in [0.25, 0.3) is 5.91 Å². The van der Waals surface area contributed by atoms with Gasteiger partial charge >= 0.3 is 0 Å². The maximum Gasteiger partial charge on any atom is 0.287 e. The minimum absolute atomic E-state index is 0.167. The number of para-hydroxylation sites is 1. The molecule has 7 heteroatoms. The number of carbonyl (C=O) groups excluding carboxylic acids is 1. The van der Waals surface area contributed by atoms with Crippen LogP contribution in [0.4, 0.5) is 0 Å². The van der Waals surface area contributed by atoms with Crippen LogP contribution in [0.3, 0.4) is 0 Å². The Morgan fingerprint density at radius 3 is 2.74 bits per heavy atom. The van der Waals surface area contributed by atoms with Crippen LogP contribution in [0.1, 0.15) is 21.9 Å². The van der Waals surface area contributed by atoms with Crippen molar-refractivity contribution >= 4 is 28.3 Å². The van der Waals surface area contributed by atoms with Crippen molar-refractivity contribution in [1.82, 2.24) is 5.32 Å². The summed E-state index contributed by atoms with van der Waals surface area (Å²) in [6.45, 7) is 0.313.